The van der Waals surface area contributed by atoms with Crippen molar-refractivity contribution in [3.05, 3.63) is 71.8 Å². The maximum atomic E-state index is 5.16. The fraction of sp³-hybridized carbons (Fsp3) is 0.462. The Morgan fingerprint density at radius 3 is 1.29 bits per heavy atom. The molecule has 146 valence electrons. The van der Waals surface area contributed by atoms with Crippen LogP contribution in [0, 0.1) is 11.8 Å². The molecule has 0 radical (unpaired) electrons. The van der Waals surface area contributed by atoms with Crippen LogP contribution in [0.15, 0.2) is 70.6 Å². The van der Waals surface area contributed by atoms with Crippen LogP contribution in [0.3, 0.4) is 0 Å². The third kappa shape index (κ3) is 4.98. The maximum Gasteiger partial charge on any atom is 0.101 e. The molecule has 0 saturated heterocycles. The summed E-state index contributed by atoms with van der Waals surface area (Å²) in [5, 5.41) is 0. The van der Waals surface area contributed by atoms with Gasteiger partial charge in [-0.15, -0.1) is 0 Å². The molecule has 2 saturated carbocycles. The second-order valence-electron chi connectivity index (χ2n) is 8.40. The molecule has 0 heterocycles. The highest BCUT2D eigenvalue weighted by Gasteiger charge is 2.25. The molecule has 0 N–H and O–H groups in total. The van der Waals surface area contributed by atoms with E-state index in [1.54, 1.807) is 0 Å². The summed E-state index contributed by atoms with van der Waals surface area (Å²) in [7, 11) is 0. The van der Waals surface area contributed by atoms with E-state index in [0.717, 1.165) is 0 Å². The van der Waals surface area contributed by atoms with Gasteiger partial charge < -0.3 is 0 Å². The van der Waals surface area contributed by atoms with E-state index in [2.05, 4.69) is 73.1 Å². The van der Waals surface area contributed by atoms with Gasteiger partial charge in [0.15, 0.2) is 0 Å². The molecule has 2 unspecified atom stereocenters. The van der Waals surface area contributed by atoms with Crippen LogP contribution in [0.2, 0.25) is 0 Å². The minimum Gasteiger partial charge on any atom is -0.287 e. The Kier molecular flexibility index (Phi) is 6.70. The predicted octanol–water partition coefficient (Wildman–Crippen LogP) is 6.99. The van der Waals surface area contributed by atoms with E-state index in [1.165, 1.54) is 62.5 Å². The lowest BCUT2D eigenvalue weighted by Gasteiger charge is -2.23. The average molecular weight is 373 g/mol. The van der Waals surface area contributed by atoms with Crippen molar-refractivity contribution in [2.75, 3.05) is 0 Å². The van der Waals surface area contributed by atoms with Gasteiger partial charge in [0.25, 0.3) is 0 Å². The van der Waals surface area contributed by atoms with Crippen molar-refractivity contribution >= 4 is 12.4 Å². The molecule has 2 aliphatic rings. The highest BCUT2D eigenvalue weighted by atomic mass is 14.9. The fourth-order valence-electron chi connectivity index (χ4n) is 4.64. The zero-order valence-corrected chi connectivity index (χ0v) is 16.8. The van der Waals surface area contributed by atoms with Crippen molar-refractivity contribution in [1.29, 1.82) is 0 Å². The molecule has 2 aromatic rings. The monoisotopic (exact) mass is 372 g/mol. The number of benzene rings is 2. The lowest BCUT2D eigenvalue weighted by molar-refractivity contribution is 0.571. The summed E-state index contributed by atoms with van der Waals surface area (Å²) >= 11 is 0. The highest BCUT2D eigenvalue weighted by Crippen LogP contribution is 2.36. The first-order valence-corrected chi connectivity index (χ1v) is 11.1. The Bertz CT molecular complexity index is 686. The van der Waals surface area contributed by atoms with E-state index < -0.39 is 0 Å². The first kappa shape index (κ1) is 19.1. The molecule has 2 heteroatoms. The number of hydrogen-bond donors (Lipinski definition) is 0. The first-order valence-electron chi connectivity index (χ1n) is 11.1. The fourth-order valence-corrected chi connectivity index (χ4v) is 4.64. The van der Waals surface area contributed by atoms with Crippen molar-refractivity contribution in [3.63, 3.8) is 0 Å². The van der Waals surface area contributed by atoms with Crippen LogP contribution in [-0.2, 0) is 0 Å². The van der Waals surface area contributed by atoms with Gasteiger partial charge in [0, 0.05) is 12.4 Å². The molecular weight excluding hydrogens is 340 g/mol. The second-order valence-corrected chi connectivity index (χ2v) is 8.40. The minimum absolute atomic E-state index is 0.0434. The van der Waals surface area contributed by atoms with E-state index in [0.29, 0.717) is 11.8 Å². The molecule has 2 atom stereocenters. The van der Waals surface area contributed by atoms with E-state index in [1.807, 2.05) is 0 Å². The van der Waals surface area contributed by atoms with Crippen LogP contribution in [0.4, 0.5) is 0 Å². The van der Waals surface area contributed by atoms with E-state index in [9.17, 15) is 0 Å². The zero-order valence-electron chi connectivity index (χ0n) is 16.8. The lowest BCUT2D eigenvalue weighted by atomic mass is 9.93. The van der Waals surface area contributed by atoms with Crippen molar-refractivity contribution < 1.29 is 0 Å². The van der Waals surface area contributed by atoms with E-state index in [4.69, 9.17) is 9.98 Å². The van der Waals surface area contributed by atoms with Crippen molar-refractivity contribution in [2.45, 2.75) is 63.5 Å². The molecule has 2 aliphatic carbocycles. The molecule has 0 amide bonds. The SMILES string of the molecule is C(=NC(c1ccccc1)C(N=CC1CCCC1)c1ccccc1)C1CCCC1. The summed E-state index contributed by atoms with van der Waals surface area (Å²) in [5.74, 6) is 1.28. The molecule has 28 heavy (non-hydrogen) atoms. The topological polar surface area (TPSA) is 24.7 Å². The van der Waals surface area contributed by atoms with Crippen LogP contribution in [0.1, 0.15) is 74.6 Å². The minimum atomic E-state index is 0.0434. The van der Waals surface area contributed by atoms with Gasteiger partial charge >= 0.3 is 0 Å². The number of aliphatic imine (C=N–C) groups is 2. The molecule has 4 rings (SSSR count). The summed E-state index contributed by atoms with van der Waals surface area (Å²) < 4.78 is 0. The first-order chi connectivity index (χ1) is 13.9. The van der Waals surface area contributed by atoms with Crippen molar-refractivity contribution in [3.8, 4) is 0 Å². The van der Waals surface area contributed by atoms with Gasteiger partial charge in [-0.05, 0) is 48.6 Å². The summed E-state index contributed by atoms with van der Waals surface area (Å²) in [6.45, 7) is 0. The molecule has 2 nitrogen and oxygen atoms in total. The van der Waals surface area contributed by atoms with Crippen molar-refractivity contribution in [1.82, 2.24) is 0 Å². The molecule has 2 fully saturated rings. The maximum absolute atomic E-state index is 5.16. The number of nitrogens with zero attached hydrogens (tertiary/aromatic N) is 2. The van der Waals surface area contributed by atoms with E-state index in [-0.39, 0.29) is 12.1 Å². The average Bonchev–Trinajstić information content (AvgIpc) is 3.46. The van der Waals surface area contributed by atoms with Gasteiger partial charge in [0.2, 0.25) is 0 Å². The normalized spacial score (nSPS) is 21.0. The van der Waals surface area contributed by atoms with Crippen LogP contribution in [0.25, 0.3) is 0 Å². The third-order valence-electron chi connectivity index (χ3n) is 6.30. The molecule has 2 aromatic carbocycles. The molecular formula is C26H32N2. The smallest absolute Gasteiger partial charge is 0.101 e. The quantitative estimate of drug-likeness (QED) is 0.468. The van der Waals surface area contributed by atoms with Crippen LogP contribution >= 0.6 is 0 Å². The Morgan fingerprint density at radius 1 is 0.571 bits per heavy atom. The van der Waals surface area contributed by atoms with E-state index >= 15 is 0 Å². The third-order valence-corrected chi connectivity index (χ3v) is 6.30. The van der Waals surface area contributed by atoms with Gasteiger partial charge in [-0.25, -0.2) is 0 Å². The predicted molar refractivity (Wildman–Crippen MR) is 119 cm³/mol. The largest absolute Gasteiger partial charge is 0.287 e. The van der Waals surface area contributed by atoms with Gasteiger partial charge in [0.1, 0.15) is 12.1 Å². The Balaban J connectivity index is 1.66. The molecule has 0 spiro atoms. The summed E-state index contributed by atoms with van der Waals surface area (Å²) in [6, 6.07) is 21.6. The highest BCUT2D eigenvalue weighted by molar-refractivity contribution is 5.63. The number of rotatable bonds is 7. The van der Waals surface area contributed by atoms with Gasteiger partial charge in [-0.3, -0.25) is 9.98 Å². The lowest BCUT2D eigenvalue weighted by Crippen LogP contribution is -2.11. The summed E-state index contributed by atoms with van der Waals surface area (Å²) in [4.78, 5) is 10.3. The van der Waals surface area contributed by atoms with Crippen LogP contribution < -0.4 is 0 Å². The number of hydrogen-bond acceptors (Lipinski definition) is 2. The zero-order chi connectivity index (χ0) is 19.0. The summed E-state index contributed by atoms with van der Waals surface area (Å²) in [5.41, 5.74) is 2.52. The van der Waals surface area contributed by atoms with Gasteiger partial charge in [0.05, 0.1) is 0 Å². The van der Waals surface area contributed by atoms with Crippen LogP contribution in [0.5, 0.6) is 0 Å². The van der Waals surface area contributed by atoms with Crippen LogP contribution in [-0.4, -0.2) is 12.4 Å². The Hall–Kier alpha value is -2.22. The molecule has 0 aliphatic heterocycles. The molecule has 0 aromatic heterocycles. The second kappa shape index (κ2) is 9.82. The van der Waals surface area contributed by atoms with Gasteiger partial charge in [-0.2, -0.15) is 0 Å². The standard InChI is InChI=1S/C26H32N2/c1-3-15-23(16-4-1)25(27-19-21-11-7-8-12-21)26(24-17-5-2-6-18-24)28-20-22-13-9-10-14-22/h1-6,15-22,25-26H,7-14H2. The Morgan fingerprint density at radius 2 is 0.929 bits per heavy atom. The van der Waals surface area contributed by atoms with Crippen molar-refractivity contribution in [2.24, 2.45) is 21.8 Å². The Labute approximate surface area is 169 Å². The summed E-state index contributed by atoms with van der Waals surface area (Å²) in [6.07, 6.45) is 15.0. The van der Waals surface area contributed by atoms with Gasteiger partial charge in [-0.1, -0.05) is 86.3 Å². The molecule has 0 bridgehead atoms.